The summed E-state index contributed by atoms with van der Waals surface area (Å²) in [5.41, 5.74) is 0. The Hall–Kier alpha value is -0.710. The molecule has 0 aliphatic heterocycles. The maximum Gasteiger partial charge on any atom is 0.313 e. The third kappa shape index (κ3) is 8.34. The van der Waals surface area contributed by atoms with E-state index in [2.05, 4.69) is 12.2 Å². The molecule has 0 heterocycles. The van der Waals surface area contributed by atoms with Crippen LogP contribution in [0.1, 0.15) is 58.3 Å². The molecule has 1 amide bonds. The zero-order chi connectivity index (χ0) is 15.5. The minimum atomic E-state index is -0.799. The Morgan fingerprint density at radius 1 is 1.29 bits per heavy atom. The van der Waals surface area contributed by atoms with Crippen molar-refractivity contribution in [1.82, 2.24) is 5.32 Å². The first-order chi connectivity index (χ1) is 10.1. The summed E-state index contributed by atoms with van der Waals surface area (Å²) in [5, 5.41) is 11.5. The van der Waals surface area contributed by atoms with Gasteiger partial charge in [-0.1, -0.05) is 45.4 Å². The lowest BCUT2D eigenvalue weighted by Crippen LogP contribution is -2.33. The van der Waals surface area contributed by atoms with Crippen LogP contribution in [0.25, 0.3) is 0 Å². The number of carboxylic acids is 1. The summed E-state index contributed by atoms with van der Waals surface area (Å²) in [6.45, 7) is 2.70. The van der Waals surface area contributed by atoms with Crippen molar-refractivity contribution in [3.05, 3.63) is 0 Å². The lowest BCUT2D eigenvalue weighted by molar-refractivity contribution is -0.134. The molecule has 122 valence electrons. The van der Waals surface area contributed by atoms with Gasteiger partial charge in [0.1, 0.15) is 0 Å². The van der Waals surface area contributed by atoms with Crippen LogP contribution in [0.15, 0.2) is 0 Å². The topological polar surface area (TPSA) is 66.4 Å². The van der Waals surface area contributed by atoms with Crippen molar-refractivity contribution in [2.75, 3.05) is 18.1 Å². The summed E-state index contributed by atoms with van der Waals surface area (Å²) in [7, 11) is 0. The highest BCUT2D eigenvalue weighted by molar-refractivity contribution is 7.99. The van der Waals surface area contributed by atoms with Crippen LogP contribution in [0.4, 0.5) is 0 Å². The van der Waals surface area contributed by atoms with Crippen molar-refractivity contribution in [3.8, 4) is 0 Å². The van der Waals surface area contributed by atoms with Gasteiger partial charge >= 0.3 is 5.97 Å². The fourth-order valence-corrected chi connectivity index (χ4v) is 3.65. The van der Waals surface area contributed by atoms with Crippen LogP contribution in [0, 0.1) is 11.8 Å². The van der Waals surface area contributed by atoms with Crippen LogP contribution in [0.5, 0.6) is 0 Å². The first kappa shape index (κ1) is 18.3. The summed E-state index contributed by atoms with van der Waals surface area (Å²) in [6, 6.07) is 0. The molecule has 1 aliphatic carbocycles. The molecule has 0 aromatic heterocycles. The number of carbonyl (C=O) groups excluding carboxylic acids is 1. The summed E-state index contributed by atoms with van der Waals surface area (Å²) in [6.07, 6.45) is 9.57. The van der Waals surface area contributed by atoms with Gasteiger partial charge in [0, 0.05) is 18.2 Å². The molecule has 0 bridgehead atoms. The molecule has 1 fully saturated rings. The maximum atomic E-state index is 12.3. The molecule has 1 atom stereocenters. The smallest absolute Gasteiger partial charge is 0.313 e. The van der Waals surface area contributed by atoms with Crippen LogP contribution < -0.4 is 5.32 Å². The van der Waals surface area contributed by atoms with Gasteiger partial charge < -0.3 is 10.4 Å². The van der Waals surface area contributed by atoms with Gasteiger partial charge in [-0.15, -0.1) is 11.8 Å². The van der Waals surface area contributed by atoms with Crippen molar-refractivity contribution in [2.24, 2.45) is 11.8 Å². The summed E-state index contributed by atoms with van der Waals surface area (Å²) in [5.74, 6) is 1.01. The molecule has 0 saturated heterocycles. The Morgan fingerprint density at radius 3 is 2.62 bits per heavy atom. The minimum absolute atomic E-state index is 0.107. The molecular formula is C16H29NO3S. The quantitative estimate of drug-likeness (QED) is 0.607. The number of aliphatic carboxylic acids is 1. The first-order valence-corrected chi connectivity index (χ1v) is 9.36. The second-order valence-corrected chi connectivity index (χ2v) is 7.07. The highest BCUT2D eigenvalue weighted by atomic mass is 32.2. The van der Waals surface area contributed by atoms with Gasteiger partial charge in [-0.3, -0.25) is 9.59 Å². The fourth-order valence-electron chi connectivity index (χ4n) is 3.08. The maximum absolute atomic E-state index is 12.3. The van der Waals surface area contributed by atoms with Crippen LogP contribution in [-0.4, -0.2) is 35.0 Å². The van der Waals surface area contributed by atoms with E-state index in [1.54, 1.807) is 0 Å². The van der Waals surface area contributed by atoms with Crippen LogP contribution in [0.3, 0.4) is 0 Å². The normalized spacial score (nSPS) is 17.4. The largest absolute Gasteiger partial charge is 0.481 e. The van der Waals surface area contributed by atoms with Crippen molar-refractivity contribution in [3.63, 3.8) is 0 Å². The van der Waals surface area contributed by atoms with Crippen molar-refractivity contribution >= 4 is 23.6 Å². The summed E-state index contributed by atoms with van der Waals surface area (Å²) < 4.78 is 0. The van der Waals surface area contributed by atoms with E-state index in [1.165, 1.54) is 43.9 Å². The molecule has 1 unspecified atom stereocenters. The number of carboxylic acid groups (broad SMARTS) is 1. The Balaban J connectivity index is 2.26. The van der Waals surface area contributed by atoms with Crippen molar-refractivity contribution in [2.45, 2.75) is 58.3 Å². The molecule has 0 spiro atoms. The van der Waals surface area contributed by atoms with E-state index in [-0.39, 0.29) is 17.6 Å². The van der Waals surface area contributed by atoms with Crippen LogP contribution in [0.2, 0.25) is 0 Å². The highest BCUT2D eigenvalue weighted by Crippen LogP contribution is 2.30. The molecule has 2 N–H and O–H groups in total. The van der Waals surface area contributed by atoms with Gasteiger partial charge in [-0.2, -0.15) is 0 Å². The van der Waals surface area contributed by atoms with Gasteiger partial charge in [-0.05, 0) is 18.8 Å². The van der Waals surface area contributed by atoms with Crippen molar-refractivity contribution in [1.29, 1.82) is 0 Å². The number of nitrogens with one attached hydrogen (secondary N) is 1. The van der Waals surface area contributed by atoms with E-state index in [0.717, 1.165) is 25.2 Å². The Kier molecular flexibility index (Phi) is 9.55. The zero-order valence-corrected chi connectivity index (χ0v) is 13.9. The van der Waals surface area contributed by atoms with E-state index in [1.807, 2.05) is 0 Å². The average Bonchev–Trinajstić information content (AvgIpc) is 2.47. The second-order valence-electron chi connectivity index (χ2n) is 5.96. The lowest BCUT2D eigenvalue weighted by Gasteiger charge is -2.26. The number of hydrogen-bond acceptors (Lipinski definition) is 3. The molecule has 0 radical (unpaired) electrons. The minimum Gasteiger partial charge on any atom is -0.481 e. The van der Waals surface area contributed by atoms with Gasteiger partial charge in [-0.25, -0.2) is 0 Å². The third-order valence-corrected chi connectivity index (χ3v) is 5.07. The Bertz CT molecular complexity index is 317. The molecule has 5 heteroatoms. The molecule has 21 heavy (non-hydrogen) atoms. The Morgan fingerprint density at radius 2 is 2.00 bits per heavy atom. The molecule has 1 saturated carbocycles. The number of amides is 1. The van der Waals surface area contributed by atoms with E-state index in [4.69, 9.17) is 5.11 Å². The lowest BCUT2D eigenvalue weighted by atomic mass is 9.81. The van der Waals surface area contributed by atoms with Crippen LogP contribution in [-0.2, 0) is 9.59 Å². The molecule has 0 aromatic rings. The van der Waals surface area contributed by atoms with E-state index < -0.39 is 5.97 Å². The van der Waals surface area contributed by atoms with E-state index in [0.29, 0.717) is 12.3 Å². The molecule has 0 aromatic carbocycles. The Labute approximate surface area is 132 Å². The van der Waals surface area contributed by atoms with E-state index >= 15 is 0 Å². The van der Waals surface area contributed by atoms with Gasteiger partial charge in [0.2, 0.25) is 5.91 Å². The average molecular weight is 315 g/mol. The fraction of sp³-hybridized carbons (Fsp3) is 0.875. The SMILES string of the molecule is CCCC(CC1CCCCC1)C(=O)NCCSCC(=O)O. The van der Waals surface area contributed by atoms with E-state index in [9.17, 15) is 9.59 Å². The summed E-state index contributed by atoms with van der Waals surface area (Å²) in [4.78, 5) is 22.7. The number of hydrogen-bond donors (Lipinski definition) is 2. The zero-order valence-electron chi connectivity index (χ0n) is 13.1. The second kappa shape index (κ2) is 10.9. The predicted molar refractivity (Wildman–Crippen MR) is 87.6 cm³/mol. The predicted octanol–water partition coefficient (Wildman–Crippen LogP) is 3.31. The highest BCUT2D eigenvalue weighted by Gasteiger charge is 2.23. The monoisotopic (exact) mass is 315 g/mol. The van der Waals surface area contributed by atoms with Gasteiger partial charge in [0.05, 0.1) is 5.75 Å². The van der Waals surface area contributed by atoms with Gasteiger partial charge in [0.25, 0.3) is 0 Å². The molecule has 1 aliphatic rings. The first-order valence-electron chi connectivity index (χ1n) is 8.20. The summed E-state index contributed by atoms with van der Waals surface area (Å²) >= 11 is 1.35. The third-order valence-electron chi connectivity index (χ3n) is 4.12. The number of thioether (sulfide) groups is 1. The number of rotatable bonds is 10. The molecule has 4 nitrogen and oxygen atoms in total. The van der Waals surface area contributed by atoms with Crippen LogP contribution >= 0.6 is 11.8 Å². The molecular weight excluding hydrogens is 286 g/mol. The van der Waals surface area contributed by atoms with Crippen molar-refractivity contribution < 1.29 is 14.7 Å². The number of carbonyl (C=O) groups is 2. The molecule has 1 rings (SSSR count). The van der Waals surface area contributed by atoms with Gasteiger partial charge in [0.15, 0.2) is 0 Å². The standard InChI is InChI=1S/C16H29NO3S/c1-2-6-14(11-13-7-4-3-5-8-13)16(20)17-9-10-21-12-15(18)19/h13-14H,2-12H2,1H3,(H,17,20)(H,18,19).